The number of aliphatic carboxylic acids is 1. The van der Waals surface area contributed by atoms with Crippen molar-refractivity contribution in [2.45, 2.75) is 193 Å². The van der Waals surface area contributed by atoms with Gasteiger partial charge in [-0.3, -0.25) is 35.7 Å². The maximum atomic E-state index is 12.9. The van der Waals surface area contributed by atoms with Crippen molar-refractivity contribution in [2.75, 3.05) is 39.4 Å². The number of aliphatic hydroxyl groups excluding tert-OH is 5. The fourth-order valence-corrected chi connectivity index (χ4v) is 7.00. The first-order valence-corrected chi connectivity index (χ1v) is 23.4. The minimum Gasteiger partial charge on any atom is -0.481 e. The van der Waals surface area contributed by atoms with E-state index in [0.717, 1.165) is 12.8 Å². The Hall–Kier alpha value is -3.02. The highest BCUT2D eigenvalue weighted by molar-refractivity contribution is 5.76. The first kappa shape index (κ1) is 60.0. The number of hydrogen-bond donors (Lipinski definition) is 13. The second-order valence-corrected chi connectivity index (χ2v) is 19.2. The van der Waals surface area contributed by atoms with E-state index < -0.39 is 72.2 Å². The van der Waals surface area contributed by atoms with Crippen LogP contribution in [0.1, 0.15) is 132 Å². The molecular weight excluding hydrogens is 845 g/mol. The third-order valence-electron chi connectivity index (χ3n) is 11.2. The number of azide groups is 1. The van der Waals surface area contributed by atoms with E-state index in [1.165, 1.54) is 0 Å². The van der Waals surface area contributed by atoms with Gasteiger partial charge in [-0.1, -0.05) is 31.5 Å². The number of ether oxygens (including phenoxy) is 2. The largest absolute Gasteiger partial charge is 0.481 e. The van der Waals surface area contributed by atoms with Crippen LogP contribution in [-0.4, -0.2) is 149 Å². The van der Waals surface area contributed by atoms with Crippen LogP contribution in [0, 0.1) is 17.3 Å². The molecule has 378 valence electrons. The molecule has 1 aliphatic rings. The molecule has 9 atom stereocenters. The maximum Gasteiger partial charge on any atom is 0.311 e. The molecule has 0 heterocycles. The minimum absolute atomic E-state index is 0.0145. The summed E-state index contributed by atoms with van der Waals surface area (Å²) >= 11 is 0. The van der Waals surface area contributed by atoms with Crippen molar-refractivity contribution in [1.82, 2.24) is 31.9 Å². The highest BCUT2D eigenvalue weighted by Gasteiger charge is 2.35. The molecule has 0 fully saturated rings. The summed E-state index contributed by atoms with van der Waals surface area (Å²) in [6.45, 7) is 16.1. The number of aliphatic hydroxyl groups is 5. The van der Waals surface area contributed by atoms with Gasteiger partial charge in [0.2, 0.25) is 11.8 Å². The van der Waals surface area contributed by atoms with Gasteiger partial charge in [-0.25, -0.2) is 0 Å². The Morgan fingerprint density at radius 2 is 1.55 bits per heavy atom. The first-order chi connectivity index (χ1) is 30.5. The van der Waals surface area contributed by atoms with E-state index in [4.69, 9.17) is 20.7 Å². The van der Waals surface area contributed by atoms with E-state index in [1.54, 1.807) is 19.9 Å². The molecule has 8 unspecified atom stereocenters. The molecule has 0 aromatic heterocycles. The van der Waals surface area contributed by atoms with Crippen LogP contribution in [0.25, 0.3) is 10.4 Å². The number of nitrogens with one attached hydrogen (secondary N) is 6. The van der Waals surface area contributed by atoms with Crippen LogP contribution < -0.4 is 37.6 Å². The number of carbonyl (C=O) groups is 3. The van der Waals surface area contributed by atoms with Gasteiger partial charge in [0.1, 0.15) is 31.1 Å². The van der Waals surface area contributed by atoms with Gasteiger partial charge in [-0.05, 0) is 116 Å². The van der Waals surface area contributed by atoms with E-state index in [0.29, 0.717) is 50.3 Å². The Kier molecular flexibility index (Phi) is 29.4. The highest BCUT2D eigenvalue weighted by Crippen LogP contribution is 2.30. The van der Waals surface area contributed by atoms with E-state index >= 15 is 0 Å². The Labute approximate surface area is 386 Å². The molecule has 0 aromatic carbocycles. The molecule has 0 aromatic rings. The fourth-order valence-electron chi connectivity index (χ4n) is 7.00. The number of carboxylic acid groups (broad SMARTS) is 1. The molecule has 0 spiro atoms. The molecule has 0 saturated carbocycles. The number of amides is 2. The summed E-state index contributed by atoms with van der Waals surface area (Å²) < 4.78 is 12.1. The monoisotopic (exact) mass is 931 g/mol. The third kappa shape index (κ3) is 27.4. The van der Waals surface area contributed by atoms with Crippen LogP contribution in [0.2, 0.25) is 0 Å². The van der Waals surface area contributed by atoms with Crippen LogP contribution >= 0.6 is 0 Å². The molecular formula is C44H86N10O11. The summed E-state index contributed by atoms with van der Waals surface area (Å²) in [4.78, 5) is 39.6. The molecule has 0 aliphatic heterocycles. The van der Waals surface area contributed by atoms with Gasteiger partial charge in [0.25, 0.3) is 0 Å². The summed E-state index contributed by atoms with van der Waals surface area (Å²) in [5.41, 5.74) is 12.9. The number of carboxylic acids is 1. The Morgan fingerprint density at radius 3 is 2.18 bits per heavy atom. The van der Waals surface area contributed by atoms with Gasteiger partial charge < -0.3 is 56.5 Å². The van der Waals surface area contributed by atoms with E-state index in [-0.39, 0.29) is 82.7 Å². The lowest BCUT2D eigenvalue weighted by Gasteiger charge is -2.37. The van der Waals surface area contributed by atoms with E-state index in [1.807, 2.05) is 27.7 Å². The van der Waals surface area contributed by atoms with Crippen LogP contribution in [0.4, 0.5) is 0 Å². The van der Waals surface area contributed by atoms with Crippen LogP contribution in [0.5, 0.6) is 0 Å². The average Bonchev–Trinajstić information content (AvgIpc) is 3.22. The molecule has 2 amide bonds. The molecule has 0 radical (unpaired) electrons. The van der Waals surface area contributed by atoms with Gasteiger partial charge in [-0.2, -0.15) is 0 Å². The van der Waals surface area contributed by atoms with Crippen LogP contribution in [0.15, 0.2) is 16.8 Å². The smallest absolute Gasteiger partial charge is 0.311 e. The van der Waals surface area contributed by atoms with Gasteiger partial charge in [-0.15, -0.1) is 0 Å². The Morgan fingerprint density at radius 1 is 0.877 bits per heavy atom. The fraction of sp³-hybridized carbons (Fsp3) is 0.886. The highest BCUT2D eigenvalue weighted by atomic mass is 16.5. The number of nitrogens with two attached hydrogens (primary N) is 1. The van der Waals surface area contributed by atoms with Gasteiger partial charge >= 0.3 is 5.97 Å². The molecule has 21 heteroatoms. The third-order valence-corrected chi connectivity index (χ3v) is 11.2. The number of carbonyl (C=O) groups excluding carboxylic acids is 2. The summed E-state index contributed by atoms with van der Waals surface area (Å²) in [5, 5.41) is 86.5. The molecule has 21 nitrogen and oxygen atoms in total. The van der Waals surface area contributed by atoms with Crippen molar-refractivity contribution in [3.63, 3.8) is 0 Å². The zero-order chi connectivity index (χ0) is 49.2. The van der Waals surface area contributed by atoms with Gasteiger partial charge in [0.15, 0.2) is 0 Å². The topological polar surface area (TPSA) is 338 Å². The lowest BCUT2D eigenvalue weighted by molar-refractivity contribution is -0.154. The summed E-state index contributed by atoms with van der Waals surface area (Å²) in [7, 11) is 0. The normalized spacial score (nSPS) is 19.1. The Bertz CT molecular complexity index is 1450. The summed E-state index contributed by atoms with van der Waals surface area (Å²) in [5.74, 6) is -1.53. The summed E-state index contributed by atoms with van der Waals surface area (Å²) in [6.07, 6.45) is -0.326. The average molecular weight is 931 g/mol. The van der Waals surface area contributed by atoms with Crippen molar-refractivity contribution in [2.24, 2.45) is 28.1 Å². The Balaban J connectivity index is 3.22. The lowest BCUT2D eigenvalue weighted by atomic mass is 9.84. The van der Waals surface area contributed by atoms with Gasteiger partial charge in [0.05, 0.1) is 30.3 Å². The van der Waals surface area contributed by atoms with Crippen molar-refractivity contribution in [3.05, 3.63) is 22.1 Å². The predicted molar refractivity (Wildman–Crippen MR) is 247 cm³/mol. The van der Waals surface area contributed by atoms with E-state index in [2.05, 4.69) is 55.8 Å². The summed E-state index contributed by atoms with van der Waals surface area (Å²) in [6, 6.07) is -1.63. The molecule has 65 heavy (non-hydrogen) atoms. The van der Waals surface area contributed by atoms with Crippen molar-refractivity contribution in [3.8, 4) is 0 Å². The first-order valence-electron chi connectivity index (χ1n) is 23.4. The molecule has 1 aliphatic carbocycles. The SMILES string of the molecule is CC(C)CCNC(=O)CCC(N[C@@H](O)C1CC(C(O)NC(CCC(O)NC(C)C)C(N)O)=CC(OCCNC(=O)CCCCCN=[N+]=[N-])C1)C(O)NCCC(C)(C)OCC(C)(C)C(=O)O. The van der Waals surface area contributed by atoms with Crippen LogP contribution in [0.3, 0.4) is 0 Å². The molecule has 0 saturated heterocycles. The zero-order valence-corrected chi connectivity index (χ0v) is 40.3. The van der Waals surface area contributed by atoms with Crippen LogP contribution in [-0.2, 0) is 23.9 Å². The molecule has 14 N–H and O–H groups in total. The number of rotatable bonds is 37. The van der Waals surface area contributed by atoms with Gasteiger partial charge in [0, 0.05) is 68.0 Å². The van der Waals surface area contributed by atoms with Crippen molar-refractivity contribution < 1.29 is 54.5 Å². The lowest BCUT2D eigenvalue weighted by Crippen LogP contribution is -2.55. The second-order valence-electron chi connectivity index (χ2n) is 19.2. The molecule has 0 bridgehead atoms. The predicted octanol–water partition coefficient (Wildman–Crippen LogP) is 1.77. The van der Waals surface area contributed by atoms with E-state index in [9.17, 15) is 45.0 Å². The van der Waals surface area contributed by atoms with Crippen molar-refractivity contribution in [1.29, 1.82) is 0 Å². The number of nitrogens with zero attached hydrogens (tertiary/aromatic N) is 3. The quantitative estimate of drug-likeness (QED) is 0.0105. The number of unbranched alkanes of at least 4 members (excludes halogenated alkanes) is 2. The zero-order valence-electron chi connectivity index (χ0n) is 40.3. The molecule has 1 rings (SSSR count). The number of hydrogen-bond acceptors (Lipinski definition) is 16. The standard InChI is InChI=1S/C44H86N10O11/c1-28(2)17-20-47-36(56)15-14-34(41(61)49-21-18-44(7,8)65-27-43(5,6)42(62)63)53-40(60)31-24-30(39(59)52-33(38(45)58)13-16-37(57)51-29(3)4)25-32(26-31)64-23-22-48-35(55)12-10-9-11-19-50-54-46/h25,28-29,31-34,37-41,49,51-53,57-61H,9-24,26-27,45H2,1-8H3,(H,47,56)(H,48,55)(H,62,63)/t31?,32?,33?,34?,37?,38?,39?,40-,41?/m0/s1. The maximum absolute atomic E-state index is 12.9. The minimum atomic E-state index is -1.38. The van der Waals surface area contributed by atoms with Crippen molar-refractivity contribution >= 4 is 17.8 Å². The second kappa shape index (κ2) is 31.9.